The predicted octanol–water partition coefficient (Wildman–Crippen LogP) is 2.21. The average molecular weight is 344 g/mol. The number of anilines is 1. The minimum Gasteiger partial charge on any atom is -0.378 e. The molecule has 0 aliphatic carbocycles. The molecule has 1 amide bonds. The molecule has 3 aliphatic heterocycles. The highest BCUT2D eigenvalue weighted by molar-refractivity contribution is 6.00. The van der Waals surface area contributed by atoms with E-state index in [1.54, 1.807) is 0 Å². The second-order valence-corrected chi connectivity index (χ2v) is 7.85. The van der Waals surface area contributed by atoms with Crippen LogP contribution in [0.2, 0.25) is 0 Å². The van der Waals surface area contributed by atoms with E-state index in [0.717, 1.165) is 44.8 Å². The number of ether oxygens (including phenoxy) is 2. The normalized spacial score (nSPS) is 30.6. The van der Waals surface area contributed by atoms with Crippen LogP contribution in [0.5, 0.6) is 0 Å². The minimum atomic E-state index is -0.193. The van der Waals surface area contributed by atoms with Gasteiger partial charge in [-0.2, -0.15) is 0 Å². The molecule has 2 atom stereocenters. The summed E-state index contributed by atoms with van der Waals surface area (Å²) in [6.07, 6.45) is 1.83. The SMILES string of the molecule is Cc1cc(C)c(N2CCC(N3CCOC4(CCOC4)C3)C2=O)c(C)c1. The van der Waals surface area contributed by atoms with Gasteiger partial charge >= 0.3 is 0 Å². The number of aryl methyl sites for hydroxylation is 3. The number of hydrogen-bond donors (Lipinski definition) is 0. The van der Waals surface area contributed by atoms with E-state index < -0.39 is 0 Å². The Labute approximate surface area is 149 Å². The van der Waals surface area contributed by atoms with Crippen molar-refractivity contribution in [1.82, 2.24) is 4.90 Å². The number of rotatable bonds is 2. The first-order chi connectivity index (χ1) is 12.0. The molecule has 1 aromatic carbocycles. The van der Waals surface area contributed by atoms with Gasteiger partial charge in [0.25, 0.3) is 0 Å². The Morgan fingerprint density at radius 3 is 2.56 bits per heavy atom. The Morgan fingerprint density at radius 1 is 1.12 bits per heavy atom. The molecule has 3 saturated heterocycles. The van der Waals surface area contributed by atoms with Crippen molar-refractivity contribution >= 4 is 11.6 Å². The van der Waals surface area contributed by atoms with E-state index >= 15 is 0 Å². The third-order valence-electron chi connectivity index (χ3n) is 5.87. The standard InChI is InChI=1S/C20H28N2O3/c1-14-10-15(2)18(16(3)11-14)22-6-4-17(19(22)23)21-7-9-25-20(12-21)5-8-24-13-20/h10-11,17H,4-9,12-13H2,1-3H3. The summed E-state index contributed by atoms with van der Waals surface area (Å²) in [7, 11) is 0. The van der Waals surface area contributed by atoms with Crippen LogP contribution in [0.25, 0.3) is 0 Å². The molecule has 1 aromatic rings. The summed E-state index contributed by atoms with van der Waals surface area (Å²) in [6, 6.07) is 4.31. The van der Waals surface area contributed by atoms with Crippen LogP contribution in [0.15, 0.2) is 12.1 Å². The highest BCUT2D eigenvalue weighted by atomic mass is 16.6. The van der Waals surface area contributed by atoms with Crippen molar-refractivity contribution in [2.24, 2.45) is 0 Å². The predicted molar refractivity (Wildman–Crippen MR) is 97.1 cm³/mol. The maximum absolute atomic E-state index is 13.2. The van der Waals surface area contributed by atoms with E-state index in [4.69, 9.17) is 9.47 Å². The molecule has 0 N–H and O–H groups in total. The molecule has 0 aromatic heterocycles. The minimum absolute atomic E-state index is 0.0264. The zero-order valence-corrected chi connectivity index (χ0v) is 15.5. The van der Waals surface area contributed by atoms with E-state index in [9.17, 15) is 4.79 Å². The molecule has 2 unspecified atom stereocenters. The van der Waals surface area contributed by atoms with Crippen molar-refractivity contribution < 1.29 is 14.3 Å². The molecule has 136 valence electrons. The van der Waals surface area contributed by atoms with Crippen LogP contribution in [0.1, 0.15) is 29.5 Å². The van der Waals surface area contributed by atoms with Crippen LogP contribution < -0.4 is 4.90 Å². The van der Waals surface area contributed by atoms with Crippen LogP contribution in [0.4, 0.5) is 5.69 Å². The van der Waals surface area contributed by atoms with Gasteiger partial charge in [-0.3, -0.25) is 9.69 Å². The van der Waals surface area contributed by atoms with E-state index in [1.165, 1.54) is 16.7 Å². The molecule has 4 rings (SSSR count). The van der Waals surface area contributed by atoms with Crippen LogP contribution >= 0.6 is 0 Å². The lowest BCUT2D eigenvalue weighted by Crippen LogP contribution is -2.57. The highest BCUT2D eigenvalue weighted by Crippen LogP contribution is 2.34. The number of benzene rings is 1. The second-order valence-electron chi connectivity index (χ2n) is 7.85. The summed E-state index contributed by atoms with van der Waals surface area (Å²) < 4.78 is 11.6. The summed E-state index contributed by atoms with van der Waals surface area (Å²) in [6.45, 7) is 10.9. The second kappa shape index (κ2) is 6.38. The van der Waals surface area contributed by atoms with Gasteiger partial charge in [-0.15, -0.1) is 0 Å². The van der Waals surface area contributed by atoms with Gasteiger partial charge in [0.05, 0.1) is 19.3 Å². The molecule has 0 radical (unpaired) electrons. The molecule has 3 heterocycles. The maximum atomic E-state index is 13.2. The molecule has 0 saturated carbocycles. The van der Waals surface area contributed by atoms with Gasteiger partial charge in [0.1, 0.15) is 5.60 Å². The number of carbonyl (C=O) groups excluding carboxylic acids is 1. The van der Waals surface area contributed by atoms with Gasteiger partial charge in [0, 0.05) is 38.3 Å². The van der Waals surface area contributed by atoms with E-state index in [1.807, 2.05) is 4.90 Å². The lowest BCUT2D eigenvalue weighted by molar-refractivity contribution is -0.135. The topological polar surface area (TPSA) is 42.0 Å². The largest absolute Gasteiger partial charge is 0.378 e. The van der Waals surface area contributed by atoms with E-state index in [0.29, 0.717) is 13.2 Å². The van der Waals surface area contributed by atoms with Crippen LogP contribution in [-0.2, 0) is 14.3 Å². The first-order valence-corrected chi connectivity index (χ1v) is 9.34. The van der Waals surface area contributed by atoms with Crippen LogP contribution in [-0.4, -0.2) is 61.9 Å². The molecular formula is C20H28N2O3. The number of morpholine rings is 1. The fraction of sp³-hybridized carbons (Fsp3) is 0.650. The highest BCUT2D eigenvalue weighted by Gasteiger charge is 2.45. The molecule has 3 fully saturated rings. The van der Waals surface area contributed by atoms with Crippen molar-refractivity contribution in [3.05, 3.63) is 28.8 Å². The molecule has 5 nitrogen and oxygen atoms in total. The molecule has 25 heavy (non-hydrogen) atoms. The van der Waals surface area contributed by atoms with Crippen molar-refractivity contribution in [2.75, 3.05) is 44.4 Å². The Hall–Kier alpha value is -1.43. The van der Waals surface area contributed by atoms with Crippen molar-refractivity contribution in [3.63, 3.8) is 0 Å². The van der Waals surface area contributed by atoms with Crippen molar-refractivity contribution in [1.29, 1.82) is 0 Å². The third-order valence-corrected chi connectivity index (χ3v) is 5.87. The lowest BCUT2D eigenvalue weighted by Gasteiger charge is -2.41. The molecule has 0 bridgehead atoms. The van der Waals surface area contributed by atoms with Gasteiger partial charge in [0.15, 0.2) is 0 Å². The molecular weight excluding hydrogens is 316 g/mol. The van der Waals surface area contributed by atoms with Crippen LogP contribution in [0.3, 0.4) is 0 Å². The summed E-state index contributed by atoms with van der Waals surface area (Å²) >= 11 is 0. The summed E-state index contributed by atoms with van der Waals surface area (Å²) in [5, 5.41) is 0. The number of amides is 1. The number of carbonyl (C=O) groups is 1. The van der Waals surface area contributed by atoms with Crippen LogP contribution in [0, 0.1) is 20.8 Å². The summed E-state index contributed by atoms with van der Waals surface area (Å²) in [4.78, 5) is 17.5. The fourth-order valence-electron chi connectivity index (χ4n) is 4.79. The maximum Gasteiger partial charge on any atom is 0.244 e. The first kappa shape index (κ1) is 17.0. The Morgan fingerprint density at radius 2 is 1.88 bits per heavy atom. The van der Waals surface area contributed by atoms with Crippen molar-refractivity contribution in [2.45, 2.75) is 45.3 Å². The number of hydrogen-bond acceptors (Lipinski definition) is 4. The molecule has 1 spiro atoms. The quantitative estimate of drug-likeness (QED) is 0.825. The van der Waals surface area contributed by atoms with E-state index in [2.05, 4.69) is 37.8 Å². The first-order valence-electron chi connectivity index (χ1n) is 9.34. The zero-order chi connectivity index (χ0) is 17.6. The average Bonchev–Trinajstić information content (AvgIpc) is 3.14. The van der Waals surface area contributed by atoms with Gasteiger partial charge in [-0.05, 0) is 38.3 Å². The third kappa shape index (κ3) is 2.98. The van der Waals surface area contributed by atoms with Gasteiger partial charge < -0.3 is 14.4 Å². The Balaban J connectivity index is 1.54. The summed E-state index contributed by atoms with van der Waals surface area (Å²) in [5.41, 5.74) is 4.54. The lowest BCUT2D eigenvalue weighted by atomic mass is 9.99. The van der Waals surface area contributed by atoms with E-state index in [-0.39, 0.29) is 17.6 Å². The fourth-order valence-corrected chi connectivity index (χ4v) is 4.79. The number of nitrogens with zero attached hydrogens (tertiary/aromatic N) is 2. The summed E-state index contributed by atoms with van der Waals surface area (Å²) in [5.74, 6) is 0.242. The molecule has 3 aliphatic rings. The molecule has 5 heteroatoms. The Kier molecular flexibility index (Phi) is 4.34. The smallest absolute Gasteiger partial charge is 0.244 e. The van der Waals surface area contributed by atoms with Gasteiger partial charge in [0.2, 0.25) is 5.91 Å². The zero-order valence-electron chi connectivity index (χ0n) is 15.5. The van der Waals surface area contributed by atoms with Gasteiger partial charge in [-0.25, -0.2) is 0 Å². The van der Waals surface area contributed by atoms with Crippen molar-refractivity contribution in [3.8, 4) is 0 Å². The monoisotopic (exact) mass is 344 g/mol. The Bertz CT molecular complexity index is 659. The van der Waals surface area contributed by atoms with Gasteiger partial charge in [-0.1, -0.05) is 17.7 Å².